The number of hydrogen-bond donors (Lipinski definition) is 0. The lowest BCUT2D eigenvalue weighted by atomic mass is 10.2. The second-order valence-corrected chi connectivity index (χ2v) is 5.22. The van der Waals surface area contributed by atoms with Crippen molar-refractivity contribution in [1.29, 1.82) is 0 Å². The lowest BCUT2D eigenvalue weighted by molar-refractivity contribution is 0.432. The van der Waals surface area contributed by atoms with E-state index in [4.69, 9.17) is 4.52 Å². The average Bonchev–Trinajstić information content (AvgIpc) is 3.25. The summed E-state index contributed by atoms with van der Waals surface area (Å²) in [4.78, 5) is 4.25. The van der Waals surface area contributed by atoms with Gasteiger partial charge in [0.1, 0.15) is 5.82 Å². The predicted molar refractivity (Wildman–Crippen MR) is 84.3 cm³/mol. The fourth-order valence-electron chi connectivity index (χ4n) is 2.31. The lowest BCUT2D eigenvalue weighted by Gasteiger charge is -1.98. The Labute approximate surface area is 136 Å². The van der Waals surface area contributed by atoms with Crippen LogP contribution in [0.5, 0.6) is 0 Å². The highest BCUT2D eigenvalue weighted by molar-refractivity contribution is 5.56. The highest BCUT2D eigenvalue weighted by atomic mass is 19.1. The van der Waals surface area contributed by atoms with E-state index in [-0.39, 0.29) is 11.7 Å². The van der Waals surface area contributed by atoms with Crippen LogP contribution in [0.3, 0.4) is 0 Å². The van der Waals surface area contributed by atoms with Gasteiger partial charge in [0, 0.05) is 5.56 Å². The smallest absolute Gasteiger partial charge is 0.258 e. The fraction of sp³-hybridized carbons (Fsp3) is 0.0588. The van der Waals surface area contributed by atoms with Gasteiger partial charge in [0.2, 0.25) is 5.82 Å². The van der Waals surface area contributed by atoms with Crippen molar-refractivity contribution in [2.45, 2.75) is 6.54 Å². The molecule has 4 aromatic rings. The van der Waals surface area contributed by atoms with Gasteiger partial charge >= 0.3 is 0 Å². The van der Waals surface area contributed by atoms with Gasteiger partial charge in [-0.1, -0.05) is 46.8 Å². The Morgan fingerprint density at radius 1 is 1.04 bits per heavy atom. The molecule has 7 heteroatoms. The van der Waals surface area contributed by atoms with E-state index in [1.54, 1.807) is 23.0 Å². The molecule has 0 saturated carbocycles. The van der Waals surface area contributed by atoms with Crippen molar-refractivity contribution in [3.8, 4) is 23.0 Å². The molecule has 6 nitrogen and oxygen atoms in total. The second kappa shape index (κ2) is 6.04. The fourth-order valence-corrected chi connectivity index (χ4v) is 2.31. The van der Waals surface area contributed by atoms with Crippen molar-refractivity contribution in [3.05, 3.63) is 72.2 Å². The van der Waals surface area contributed by atoms with Gasteiger partial charge in [0.05, 0.1) is 12.7 Å². The quantitative estimate of drug-likeness (QED) is 0.577. The van der Waals surface area contributed by atoms with Crippen LogP contribution in [-0.2, 0) is 6.54 Å². The number of rotatable bonds is 4. The largest absolute Gasteiger partial charge is 0.334 e. The lowest BCUT2D eigenvalue weighted by Crippen LogP contribution is -1.99. The maximum atomic E-state index is 13.3. The number of benzene rings is 2. The van der Waals surface area contributed by atoms with E-state index >= 15 is 0 Å². The average molecular weight is 321 g/mol. The molecule has 24 heavy (non-hydrogen) atoms. The van der Waals surface area contributed by atoms with Gasteiger partial charge in [-0.25, -0.2) is 9.07 Å². The van der Waals surface area contributed by atoms with Crippen molar-refractivity contribution in [3.63, 3.8) is 0 Å². The Kier molecular flexibility index (Phi) is 3.59. The van der Waals surface area contributed by atoms with Crippen molar-refractivity contribution in [2.24, 2.45) is 0 Å². The molecule has 0 aliphatic carbocycles. The molecule has 118 valence electrons. The number of hydrogen-bond acceptors (Lipinski definition) is 5. The summed E-state index contributed by atoms with van der Waals surface area (Å²) in [7, 11) is 0. The highest BCUT2D eigenvalue weighted by Gasteiger charge is 2.14. The minimum absolute atomic E-state index is 0.238. The van der Waals surface area contributed by atoms with E-state index in [1.807, 2.05) is 30.3 Å². The summed E-state index contributed by atoms with van der Waals surface area (Å²) < 4.78 is 20.2. The van der Waals surface area contributed by atoms with Gasteiger partial charge < -0.3 is 4.52 Å². The van der Waals surface area contributed by atoms with Crippen molar-refractivity contribution in [1.82, 2.24) is 25.1 Å². The van der Waals surface area contributed by atoms with Gasteiger partial charge in [0.15, 0.2) is 5.69 Å². The molecule has 0 atom stereocenters. The number of halogens is 1. The highest BCUT2D eigenvalue weighted by Crippen LogP contribution is 2.21. The van der Waals surface area contributed by atoms with Gasteiger partial charge in [0.25, 0.3) is 5.89 Å². The molecule has 0 bridgehead atoms. The summed E-state index contributed by atoms with van der Waals surface area (Å²) in [5.74, 6) is 0.191. The number of aromatic nitrogens is 5. The van der Waals surface area contributed by atoms with Crippen LogP contribution in [0.2, 0.25) is 0 Å². The van der Waals surface area contributed by atoms with Crippen molar-refractivity contribution >= 4 is 0 Å². The summed E-state index contributed by atoms with van der Waals surface area (Å²) in [5, 5.41) is 12.0. The standard InChI is InChI=1S/C17H12FN5O/c18-14-8-4-7-13(9-14)17-19-16(21-24-17)15-11-23(22-20-15)10-12-5-2-1-3-6-12/h1-9,11H,10H2. The van der Waals surface area contributed by atoms with Crippen LogP contribution in [0.25, 0.3) is 23.0 Å². The van der Waals surface area contributed by atoms with E-state index in [0.29, 0.717) is 23.6 Å². The maximum absolute atomic E-state index is 13.3. The summed E-state index contributed by atoms with van der Waals surface area (Å²) in [6.07, 6.45) is 1.74. The second-order valence-electron chi connectivity index (χ2n) is 5.22. The molecular formula is C17H12FN5O. The van der Waals surface area contributed by atoms with E-state index in [0.717, 1.165) is 5.56 Å². The first-order chi connectivity index (χ1) is 11.8. The van der Waals surface area contributed by atoms with Crippen LogP contribution in [0, 0.1) is 5.82 Å². The maximum Gasteiger partial charge on any atom is 0.258 e. The van der Waals surface area contributed by atoms with Crippen LogP contribution in [-0.4, -0.2) is 25.1 Å². The van der Waals surface area contributed by atoms with E-state index < -0.39 is 0 Å². The zero-order valence-electron chi connectivity index (χ0n) is 12.5. The zero-order valence-corrected chi connectivity index (χ0v) is 12.5. The van der Waals surface area contributed by atoms with Crippen LogP contribution >= 0.6 is 0 Å². The first-order valence-corrected chi connectivity index (χ1v) is 7.32. The molecule has 0 saturated heterocycles. The Morgan fingerprint density at radius 3 is 2.75 bits per heavy atom. The van der Waals surface area contributed by atoms with Crippen LogP contribution < -0.4 is 0 Å². The van der Waals surface area contributed by atoms with Gasteiger partial charge in [-0.15, -0.1) is 5.10 Å². The summed E-state index contributed by atoms with van der Waals surface area (Å²) in [6.45, 7) is 0.600. The van der Waals surface area contributed by atoms with Gasteiger partial charge in [-0.05, 0) is 23.8 Å². The van der Waals surface area contributed by atoms with Crippen LogP contribution in [0.15, 0.2) is 65.3 Å². The van der Waals surface area contributed by atoms with Gasteiger partial charge in [-0.3, -0.25) is 0 Å². The third-order valence-corrected chi connectivity index (χ3v) is 3.45. The molecule has 0 fully saturated rings. The summed E-state index contributed by atoms with van der Waals surface area (Å²) >= 11 is 0. The van der Waals surface area contributed by atoms with E-state index in [2.05, 4.69) is 20.5 Å². The normalized spacial score (nSPS) is 10.9. The summed E-state index contributed by atoms with van der Waals surface area (Å²) in [5.41, 5.74) is 2.13. The molecule has 0 radical (unpaired) electrons. The van der Waals surface area contributed by atoms with Gasteiger partial charge in [-0.2, -0.15) is 4.98 Å². The first-order valence-electron chi connectivity index (χ1n) is 7.32. The molecule has 0 N–H and O–H groups in total. The molecule has 0 amide bonds. The molecule has 2 heterocycles. The molecular weight excluding hydrogens is 309 g/mol. The summed E-state index contributed by atoms with van der Waals surface area (Å²) in [6, 6.07) is 15.9. The SMILES string of the molecule is Fc1cccc(-c2nc(-c3cn(Cc4ccccc4)nn3)no2)c1. The topological polar surface area (TPSA) is 69.6 Å². The Hall–Kier alpha value is -3.35. The third kappa shape index (κ3) is 2.91. The Bertz CT molecular complexity index is 964. The van der Waals surface area contributed by atoms with Crippen molar-refractivity contribution in [2.75, 3.05) is 0 Å². The van der Waals surface area contributed by atoms with Crippen molar-refractivity contribution < 1.29 is 8.91 Å². The van der Waals surface area contributed by atoms with E-state index in [9.17, 15) is 4.39 Å². The molecule has 2 aromatic heterocycles. The monoisotopic (exact) mass is 321 g/mol. The predicted octanol–water partition coefficient (Wildman–Crippen LogP) is 3.18. The van der Waals surface area contributed by atoms with Crippen LogP contribution in [0.1, 0.15) is 5.56 Å². The Balaban J connectivity index is 1.57. The minimum Gasteiger partial charge on any atom is -0.334 e. The molecule has 0 aliphatic heterocycles. The first kappa shape index (κ1) is 14.3. The third-order valence-electron chi connectivity index (χ3n) is 3.45. The van der Waals surface area contributed by atoms with E-state index in [1.165, 1.54) is 12.1 Å². The molecule has 4 rings (SSSR count). The zero-order chi connectivity index (χ0) is 16.4. The molecule has 2 aromatic carbocycles. The molecule has 0 spiro atoms. The Morgan fingerprint density at radius 2 is 1.92 bits per heavy atom. The molecule has 0 unspecified atom stereocenters. The van der Waals surface area contributed by atoms with Crippen LogP contribution in [0.4, 0.5) is 4.39 Å². The molecule has 0 aliphatic rings. The minimum atomic E-state index is -0.360. The number of nitrogens with zero attached hydrogens (tertiary/aromatic N) is 5.